The predicted molar refractivity (Wildman–Crippen MR) is 76.4 cm³/mol. The Morgan fingerprint density at radius 1 is 1.32 bits per heavy atom. The van der Waals surface area contributed by atoms with Gasteiger partial charge < -0.3 is 4.90 Å². The molecule has 1 amide bonds. The van der Waals surface area contributed by atoms with E-state index in [0.717, 1.165) is 5.56 Å². The van der Waals surface area contributed by atoms with Crippen LogP contribution < -0.4 is 0 Å². The zero-order chi connectivity index (χ0) is 14.3. The van der Waals surface area contributed by atoms with Gasteiger partial charge in [0.05, 0.1) is 5.75 Å². The minimum Gasteiger partial charge on any atom is -0.338 e. The van der Waals surface area contributed by atoms with Crippen LogP contribution in [0.2, 0.25) is 0 Å². The van der Waals surface area contributed by atoms with Crippen molar-refractivity contribution in [2.24, 2.45) is 0 Å². The Labute approximate surface area is 114 Å². The lowest BCUT2D eigenvalue weighted by Gasteiger charge is -2.20. The molecule has 0 N–H and O–H groups in total. The first kappa shape index (κ1) is 15.4. The molecular formula is C14H19NO3S. The van der Waals surface area contributed by atoms with E-state index in [0.29, 0.717) is 13.1 Å². The molecule has 0 aliphatic carbocycles. The minimum absolute atomic E-state index is 0.165. The molecule has 0 spiro atoms. The Hall–Kier alpha value is -1.62. The summed E-state index contributed by atoms with van der Waals surface area (Å²) in [6.07, 6.45) is 1.30. The third-order valence-electron chi connectivity index (χ3n) is 2.67. The summed E-state index contributed by atoms with van der Waals surface area (Å²) in [5.41, 5.74) is 0.985. The second kappa shape index (κ2) is 7.09. The lowest BCUT2D eigenvalue weighted by Crippen LogP contribution is -2.35. The fraction of sp³-hybridized carbons (Fsp3) is 0.357. The molecule has 0 unspecified atom stereocenters. The van der Waals surface area contributed by atoms with E-state index in [-0.39, 0.29) is 11.7 Å². The molecule has 0 saturated heterocycles. The highest BCUT2D eigenvalue weighted by molar-refractivity contribution is 7.92. The number of carbonyl (C=O) groups excluding carboxylic acids is 1. The monoisotopic (exact) mass is 281 g/mol. The van der Waals surface area contributed by atoms with Crippen LogP contribution in [0.1, 0.15) is 12.5 Å². The van der Waals surface area contributed by atoms with Gasteiger partial charge in [0.2, 0.25) is 5.91 Å². The van der Waals surface area contributed by atoms with Gasteiger partial charge in [0.15, 0.2) is 9.84 Å². The number of carbonyl (C=O) groups is 1. The van der Waals surface area contributed by atoms with Gasteiger partial charge in [-0.2, -0.15) is 0 Å². The highest BCUT2D eigenvalue weighted by Gasteiger charge is 2.19. The summed E-state index contributed by atoms with van der Waals surface area (Å²) in [4.78, 5) is 13.5. The van der Waals surface area contributed by atoms with E-state index in [4.69, 9.17) is 0 Å². The highest BCUT2D eigenvalue weighted by atomic mass is 32.2. The second-order valence-corrected chi connectivity index (χ2v) is 6.35. The molecule has 0 heterocycles. The number of amides is 1. The molecule has 0 fully saturated rings. The van der Waals surface area contributed by atoms with Crippen molar-refractivity contribution in [3.05, 3.63) is 48.6 Å². The molecule has 19 heavy (non-hydrogen) atoms. The first-order valence-corrected chi connectivity index (χ1v) is 7.93. The van der Waals surface area contributed by atoms with Crippen molar-refractivity contribution in [1.82, 2.24) is 4.90 Å². The summed E-state index contributed by atoms with van der Waals surface area (Å²) in [6, 6.07) is 9.50. The quantitative estimate of drug-likeness (QED) is 0.714. The Bertz CT molecular complexity index is 523. The molecule has 1 aromatic rings. The lowest BCUT2D eigenvalue weighted by molar-refractivity contribution is -0.128. The average Bonchev–Trinajstić information content (AvgIpc) is 2.36. The SMILES string of the molecule is C=CCS(=O)(=O)CC(=O)N(CC)Cc1ccccc1. The predicted octanol–water partition coefficient (Wildman–Crippen LogP) is 1.64. The van der Waals surface area contributed by atoms with Crippen LogP contribution in [0.25, 0.3) is 0 Å². The molecule has 0 aromatic heterocycles. The normalized spacial score (nSPS) is 11.0. The number of hydrogen-bond donors (Lipinski definition) is 0. The lowest BCUT2D eigenvalue weighted by atomic mass is 10.2. The van der Waals surface area contributed by atoms with Gasteiger partial charge >= 0.3 is 0 Å². The van der Waals surface area contributed by atoms with Gasteiger partial charge in [0.25, 0.3) is 0 Å². The van der Waals surface area contributed by atoms with Crippen LogP contribution in [0.5, 0.6) is 0 Å². The van der Waals surface area contributed by atoms with Crippen LogP contribution in [-0.2, 0) is 21.2 Å². The van der Waals surface area contributed by atoms with Crippen molar-refractivity contribution >= 4 is 15.7 Å². The van der Waals surface area contributed by atoms with E-state index >= 15 is 0 Å². The zero-order valence-electron chi connectivity index (χ0n) is 11.1. The van der Waals surface area contributed by atoms with Gasteiger partial charge in [0.1, 0.15) is 5.75 Å². The summed E-state index contributed by atoms with van der Waals surface area (Å²) in [7, 11) is -3.39. The minimum atomic E-state index is -3.39. The molecule has 1 aromatic carbocycles. The van der Waals surface area contributed by atoms with Crippen molar-refractivity contribution in [1.29, 1.82) is 0 Å². The third-order valence-corrected chi connectivity index (χ3v) is 4.10. The molecule has 0 radical (unpaired) electrons. The topological polar surface area (TPSA) is 54.5 Å². The van der Waals surface area contributed by atoms with Crippen molar-refractivity contribution < 1.29 is 13.2 Å². The van der Waals surface area contributed by atoms with Gasteiger partial charge in [-0.15, -0.1) is 6.58 Å². The van der Waals surface area contributed by atoms with Crippen molar-refractivity contribution in [3.63, 3.8) is 0 Å². The van der Waals surface area contributed by atoms with Crippen molar-refractivity contribution in [3.8, 4) is 0 Å². The number of hydrogen-bond acceptors (Lipinski definition) is 3. The summed E-state index contributed by atoms with van der Waals surface area (Å²) < 4.78 is 23.2. The van der Waals surface area contributed by atoms with Gasteiger partial charge in [0, 0.05) is 13.1 Å². The van der Waals surface area contributed by atoms with Crippen LogP contribution in [0.15, 0.2) is 43.0 Å². The summed E-state index contributed by atoms with van der Waals surface area (Å²) in [5.74, 6) is -0.991. The standard InChI is InChI=1S/C14H19NO3S/c1-3-10-19(17,18)12-14(16)15(4-2)11-13-8-6-5-7-9-13/h3,5-9H,1,4,10-12H2,2H3. The largest absolute Gasteiger partial charge is 0.338 e. The Balaban J connectivity index is 2.70. The highest BCUT2D eigenvalue weighted by Crippen LogP contribution is 2.06. The van der Waals surface area contributed by atoms with E-state index in [1.165, 1.54) is 11.0 Å². The third kappa shape index (κ3) is 5.26. The van der Waals surface area contributed by atoms with Gasteiger partial charge in [-0.25, -0.2) is 8.42 Å². The van der Waals surface area contributed by atoms with E-state index in [2.05, 4.69) is 6.58 Å². The van der Waals surface area contributed by atoms with E-state index in [9.17, 15) is 13.2 Å². The second-order valence-electron chi connectivity index (χ2n) is 4.24. The molecular weight excluding hydrogens is 262 g/mol. The van der Waals surface area contributed by atoms with Crippen LogP contribution >= 0.6 is 0 Å². The maximum absolute atomic E-state index is 12.0. The molecule has 0 aliphatic heterocycles. The van der Waals surface area contributed by atoms with Crippen molar-refractivity contribution in [2.75, 3.05) is 18.1 Å². The van der Waals surface area contributed by atoms with E-state index in [1.807, 2.05) is 37.3 Å². The smallest absolute Gasteiger partial charge is 0.238 e. The van der Waals surface area contributed by atoms with Crippen LogP contribution in [0.4, 0.5) is 0 Å². The van der Waals surface area contributed by atoms with Crippen LogP contribution in [-0.4, -0.2) is 37.3 Å². The summed E-state index contributed by atoms with van der Waals surface area (Å²) in [5, 5.41) is 0. The molecule has 0 saturated carbocycles. The fourth-order valence-corrected chi connectivity index (χ4v) is 2.73. The number of benzene rings is 1. The Morgan fingerprint density at radius 3 is 2.47 bits per heavy atom. The number of sulfone groups is 1. The first-order chi connectivity index (χ1) is 8.98. The summed E-state index contributed by atoms with van der Waals surface area (Å²) in [6.45, 7) is 6.13. The zero-order valence-corrected chi connectivity index (χ0v) is 11.9. The van der Waals surface area contributed by atoms with Crippen molar-refractivity contribution in [2.45, 2.75) is 13.5 Å². The van der Waals surface area contributed by atoms with Gasteiger partial charge in [-0.1, -0.05) is 36.4 Å². The molecule has 4 nitrogen and oxygen atoms in total. The molecule has 0 bridgehead atoms. The van der Waals surface area contributed by atoms with E-state index < -0.39 is 15.6 Å². The van der Waals surface area contributed by atoms with Gasteiger partial charge in [-0.05, 0) is 12.5 Å². The molecule has 104 valence electrons. The number of nitrogens with zero attached hydrogens (tertiary/aromatic N) is 1. The Kier molecular flexibility index (Phi) is 5.76. The molecule has 0 aliphatic rings. The summed E-state index contributed by atoms with van der Waals surface area (Å²) >= 11 is 0. The maximum Gasteiger partial charge on any atom is 0.238 e. The molecule has 0 atom stereocenters. The number of rotatable bonds is 7. The Morgan fingerprint density at radius 2 is 1.95 bits per heavy atom. The first-order valence-electron chi connectivity index (χ1n) is 6.11. The fourth-order valence-electron chi connectivity index (χ4n) is 1.70. The van der Waals surface area contributed by atoms with Crippen LogP contribution in [0, 0.1) is 0 Å². The van der Waals surface area contributed by atoms with Crippen LogP contribution in [0.3, 0.4) is 0 Å². The average molecular weight is 281 g/mol. The maximum atomic E-state index is 12.0. The van der Waals surface area contributed by atoms with Gasteiger partial charge in [-0.3, -0.25) is 4.79 Å². The molecule has 1 rings (SSSR count). The van der Waals surface area contributed by atoms with E-state index in [1.54, 1.807) is 0 Å². The molecule has 5 heteroatoms.